The number of aliphatic hydroxyl groups excluding tert-OH is 1. The van der Waals surface area contributed by atoms with Crippen LogP contribution in [0, 0.1) is 0 Å². The summed E-state index contributed by atoms with van der Waals surface area (Å²) in [5.74, 6) is 0. The Hall–Kier alpha value is -1.60. The van der Waals surface area contributed by atoms with Gasteiger partial charge in [0.15, 0.2) is 0 Å². The Kier molecular flexibility index (Phi) is 3.60. The summed E-state index contributed by atoms with van der Waals surface area (Å²) in [6, 6.07) is 0. The Morgan fingerprint density at radius 3 is 2.71 bits per heavy atom. The molecular weight excluding hydrogens is 208 g/mol. The van der Waals surface area contributed by atoms with Gasteiger partial charge >= 0.3 is 0 Å². The largest absolute Gasteiger partial charge is 0.388 e. The number of hydrogen-bond donors (Lipinski definition) is 1. The zero-order chi connectivity index (χ0) is 12.3. The fourth-order valence-electron chi connectivity index (χ4n) is 2.34. The van der Waals surface area contributed by atoms with Gasteiger partial charge in [-0.25, -0.2) is 0 Å². The highest BCUT2D eigenvalue weighted by molar-refractivity contribution is 5.48. The molecule has 0 saturated heterocycles. The molecule has 2 aliphatic carbocycles. The molecule has 0 bridgehead atoms. The van der Waals surface area contributed by atoms with E-state index in [0.717, 1.165) is 29.6 Å². The van der Waals surface area contributed by atoms with Crippen molar-refractivity contribution in [2.75, 3.05) is 0 Å². The fourth-order valence-corrected chi connectivity index (χ4v) is 2.34. The van der Waals surface area contributed by atoms with Crippen molar-refractivity contribution in [1.29, 1.82) is 0 Å². The zero-order valence-corrected chi connectivity index (χ0v) is 10.0. The van der Waals surface area contributed by atoms with Crippen molar-refractivity contribution < 1.29 is 5.11 Å². The molecule has 0 aromatic rings. The quantitative estimate of drug-likeness (QED) is 0.762. The molecule has 0 aromatic heterocycles. The summed E-state index contributed by atoms with van der Waals surface area (Å²) in [4.78, 5) is 0. The molecule has 1 heteroatoms. The predicted molar refractivity (Wildman–Crippen MR) is 72.6 cm³/mol. The van der Waals surface area contributed by atoms with Gasteiger partial charge in [-0.3, -0.25) is 0 Å². The Morgan fingerprint density at radius 2 is 2.00 bits per heavy atom. The van der Waals surface area contributed by atoms with Gasteiger partial charge in [0.2, 0.25) is 0 Å². The minimum atomic E-state index is -0.436. The molecule has 0 amide bonds. The van der Waals surface area contributed by atoms with Crippen LogP contribution in [0.3, 0.4) is 0 Å². The molecule has 1 nitrogen and oxygen atoms in total. The van der Waals surface area contributed by atoms with Crippen LogP contribution in [0.5, 0.6) is 0 Å². The average molecular weight is 226 g/mol. The SMILES string of the molecule is C=CC1=C(\C=C)CC(O)C2=C(/C=C\1)CCC=C2. The molecule has 0 fully saturated rings. The molecule has 0 aromatic carbocycles. The fraction of sp³-hybridized carbons (Fsp3) is 0.250. The highest BCUT2D eigenvalue weighted by Crippen LogP contribution is 2.29. The van der Waals surface area contributed by atoms with Crippen LogP contribution in [0.15, 0.2) is 71.9 Å². The third kappa shape index (κ3) is 2.40. The maximum absolute atomic E-state index is 10.3. The van der Waals surface area contributed by atoms with Gasteiger partial charge in [0.25, 0.3) is 0 Å². The molecule has 0 aliphatic heterocycles. The Bertz CT molecular complexity index is 458. The van der Waals surface area contributed by atoms with E-state index in [-0.39, 0.29) is 0 Å². The van der Waals surface area contributed by atoms with Crippen LogP contribution in [0.2, 0.25) is 0 Å². The van der Waals surface area contributed by atoms with Gasteiger partial charge in [-0.2, -0.15) is 0 Å². The van der Waals surface area contributed by atoms with Gasteiger partial charge in [-0.1, -0.05) is 49.6 Å². The van der Waals surface area contributed by atoms with E-state index in [4.69, 9.17) is 0 Å². The van der Waals surface area contributed by atoms with Gasteiger partial charge in [-0.05, 0) is 35.1 Å². The molecule has 88 valence electrons. The molecule has 2 aliphatic rings. The highest BCUT2D eigenvalue weighted by atomic mass is 16.3. The summed E-state index contributed by atoms with van der Waals surface area (Å²) < 4.78 is 0. The molecule has 0 heterocycles. The van der Waals surface area contributed by atoms with E-state index in [1.54, 1.807) is 0 Å². The minimum Gasteiger partial charge on any atom is -0.388 e. The van der Waals surface area contributed by atoms with Crippen molar-refractivity contribution in [2.45, 2.75) is 25.4 Å². The first-order valence-electron chi connectivity index (χ1n) is 6.00. The van der Waals surface area contributed by atoms with Crippen LogP contribution in [0.4, 0.5) is 0 Å². The van der Waals surface area contributed by atoms with E-state index in [9.17, 15) is 5.11 Å². The van der Waals surface area contributed by atoms with Crippen molar-refractivity contribution in [1.82, 2.24) is 0 Å². The van der Waals surface area contributed by atoms with Crippen LogP contribution in [0.1, 0.15) is 19.3 Å². The van der Waals surface area contributed by atoms with E-state index >= 15 is 0 Å². The van der Waals surface area contributed by atoms with Crippen molar-refractivity contribution in [3.63, 3.8) is 0 Å². The van der Waals surface area contributed by atoms with E-state index < -0.39 is 6.10 Å². The second-order valence-corrected chi connectivity index (χ2v) is 4.36. The molecule has 0 spiro atoms. The monoisotopic (exact) mass is 226 g/mol. The standard InChI is InChI=1S/C16H18O/c1-3-12-9-10-14-7-5-6-8-15(14)16(17)11-13(12)4-2/h3-4,6,8-10,16-17H,1-2,5,7,11H2/b10-9-,13-12-. The zero-order valence-electron chi connectivity index (χ0n) is 10.0. The molecule has 0 saturated carbocycles. The predicted octanol–water partition coefficient (Wildman–Crippen LogP) is 3.62. The van der Waals surface area contributed by atoms with Gasteiger partial charge in [0.05, 0.1) is 6.10 Å². The lowest BCUT2D eigenvalue weighted by atomic mass is 9.87. The number of allylic oxidation sites excluding steroid dienone is 7. The lowest BCUT2D eigenvalue weighted by Gasteiger charge is -2.22. The third-order valence-corrected chi connectivity index (χ3v) is 3.32. The normalized spacial score (nSPS) is 30.3. The molecule has 17 heavy (non-hydrogen) atoms. The first-order chi connectivity index (χ1) is 8.26. The number of rotatable bonds is 2. The Morgan fingerprint density at radius 1 is 1.18 bits per heavy atom. The summed E-state index contributed by atoms with van der Waals surface area (Å²) >= 11 is 0. The van der Waals surface area contributed by atoms with Crippen LogP contribution < -0.4 is 0 Å². The topological polar surface area (TPSA) is 20.2 Å². The Labute approximate surface area is 103 Å². The average Bonchev–Trinajstić information content (AvgIpc) is 2.36. The highest BCUT2D eigenvalue weighted by Gasteiger charge is 2.18. The van der Waals surface area contributed by atoms with Crippen molar-refractivity contribution >= 4 is 0 Å². The van der Waals surface area contributed by atoms with Crippen LogP contribution in [-0.2, 0) is 0 Å². The van der Waals surface area contributed by atoms with Crippen LogP contribution in [0.25, 0.3) is 0 Å². The van der Waals surface area contributed by atoms with Gasteiger partial charge in [-0.15, -0.1) is 0 Å². The molecular formula is C16H18O. The van der Waals surface area contributed by atoms with E-state index in [2.05, 4.69) is 31.4 Å². The summed E-state index contributed by atoms with van der Waals surface area (Å²) in [5.41, 5.74) is 4.40. The van der Waals surface area contributed by atoms with Crippen molar-refractivity contribution in [3.05, 3.63) is 71.9 Å². The second-order valence-electron chi connectivity index (χ2n) is 4.36. The van der Waals surface area contributed by atoms with Gasteiger partial charge in [0.1, 0.15) is 0 Å². The summed E-state index contributed by atoms with van der Waals surface area (Å²) in [6.45, 7) is 7.62. The maximum atomic E-state index is 10.3. The minimum absolute atomic E-state index is 0.436. The van der Waals surface area contributed by atoms with Crippen molar-refractivity contribution in [3.8, 4) is 0 Å². The van der Waals surface area contributed by atoms with Crippen LogP contribution in [-0.4, -0.2) is 11.2 Å². The van der Waals surface area contributed by atoms with Gasteiger partial charge < -0.3 is 5.11 Å². The van der Waals surface area contributed by atoms with Crippen molar-refractivity contribution in [2.24, 2.45) is 0 Å². The summed E-state index contributed by atoms with van der Waals surface area (Å²) in [6.07, 6.45) is 14.2. The summed E-state index contributed by atoms with van der Waals surface area (Å²) in [5, 5.41) is 10.3. The Balaban J connectivity index is 2.46. The first-order valence-corrected chi connectivity index (χ1v) is 6.00. The number of hydrogen-bond acceptors (Lipinski definition) is 1. The lowest BCUT2D eigenvalue weighted by Crippen LogP contribution is -2.14. The molecule has 0 radical (unpaired) electrons. The molecule has 1 unspecified atom stereocenters. The summed E-state index contributed by atoms with van der Waals surface area (Å²) in [7, 11) is 0. The molecule has 2 rings (SSSR count). The second kappa shape index (κ2) is 5.15. The van der Waals surface area contributed by atoms with Crippen LogP contribution >= 0.6 is 0 Å². The smallest absolute Gasteiger partial charge is 0.0833 e. The lowest BCUT2D eigenvalue weighted by molar-refractivity contribution is 0.214. The van der Waals surface area contributed by atoms with E-state index in [1.807, 2.05) is 18.2 Å². The van der Waals surface area contributed by atoms with E-state index in [0.29, 0.717) is 6.42 Å². The number of aliphatic hydroxyl groups is 1. The molecule has 1 N–H and O–H groups in total. The van der Waals surface area contributed by atoms with E-state index in [1.165, 1.54) is 5.57 Å². The molecule has 1 atom stereocenters. The first kappa shape index (κ1) is 11.9. The maximum Gasteiger partial charge on any atom is 0.0833 e. The third-order valence-electron chi connectivity index (χ3n) is 3.32. The van der Waals surface area contributed by atoms with Gasteiger partial charge in [0, 0.05) is 6.42 Å².